The van der Waals surface area contributed by atoms with E-state index in [2.05, 4.69) is 10.5 Å². The Hall–Kier alpha value is -3.75. The standard InChI is InChI=1S/C26H24Cl2N2O6/c1-4-21(35-22-12-8-18(27)14-20(22)28)25(31)30-29-15-16-5-11-23(24(13-16)34-3)36-26(32)17-6-9-19(33-2)10-7-17/h5-15,21H,4H2,1-3H3,(H,30,31)/b29-15-/t21-/m1/s1. The van der Waals surface area contributed by atoms with Gasteiger partial charge in [-0.25, -0.2) is 10.2 Å². The topological polar surface area (TPSA) is 95.5 Å². The monoisotopic (exact) mass is 530 g/mol. The smallest absolute Gasteiger partial charge is 0.343 e. The van der Waals surface area contributed by atoms with E-state index in [-0.39, 0.29) is 5.75 Å². The summed E-state index contributed by atoms with van der Waals surface area (Å²) in [6, 6.07) is 16.1. The van der Waals surface area contributed by atoms with Gasteiger partial charge in [0.25, 0.3) is 5.91 Å². The second-order valence-corrected chi connectivity index (χ2v) is 8.20. The quantitative estimate of drug-likeness (QED) is 0.160. The largest absolute Gasteiger partial charge is 0.497 e. The molecule has 0 aliphatic heterocycles. The minimum atomic E-state index is -0.810. The van der Waals surface area contributed by atoms with Crippen LogP contribution in [0.4, 0.5) is 0 Å². The van der Waals surface area contributed by atoms with E-state index >= 15 is 0 Å². The lowest BCUT2D eigenvalue weighted by molar-refractivity contribution is -0.128. The van der Waals surface area contributed by atoms with Gasteiger partial charge < -0.3 is 18.9 Å². The van der Waals surface area contributed by atoms with Crippen molar-refractivity contribution in [1.29, 1.82) is 0 Å². The highest BCUT2D eigenvalue weighted by Gasteiger charge is 2.19. The maximum Gasteiger partial charge on any atom is 0.343 e. The third kappa shape index (κ3) is 7.13. The number of benzene rings is 3. The van der Waals surface area contributed by atoms with Gasteiger partial charge in [-0.05, 0) is 72.6 Å². The van der Waals surface area contributed by atoms with Gasteiger partial charge in [-0.1, -0.05) is 30.1 Å². The highest BCUT2D eigenvalue weighted by atomic mass is 35.5. The minimum Gasteiger partial charge on any atom is -0.497 e. The highest BCUT2D eigenvalue weighted by molar-refractivity contribution is 6.35. The molecule has 1 N–H and O–H groups in total. The van der Waals surface area contributed by atoms with Crippen LogP contribution in [0.5, 0.6) is 23.0 Å². The van der Waals surface area contributed by atoms with Gasteiger partial charge in [0.15, 0.2) is 17.6 Å². The van der Waals surface area contributed by atoms with Crippen LogP contribution in [0.2, 0.25) is 10.0 Å². The number of hydrazone groups is 1. The SMILES string of the molecule is CC[C@@H](Oc1ccc(Cl)cc1Cl)C(=O)N/N=C\c1ccc(OC(=O)c2ccc(OC)cc2)c(OC)c1. The number of rotatable bonds is 10. The molecule has 1 atom stereocenters. The molecule has 0 aliphatic rings. The molecular weight excluding hydrogens is 507 g/mol. The van der Waals surface area contributed by atoms with Crippen molar-refractivity contribution >= 4 is 41.3 Å². The van der Waals surface area contributed by atoms with Gasteiger partial charge in [0, 0.05) is 5.02 Å². The zero-order valence-electron chi connectivity index (χ0n) is 19.8. The fraction of sp³-hybridized carbons (Fsp3) is 0.192. The molecule has 8 nitrogen and oxygen atoms in total. The molecule has 3 rings (SSSR count). The molecular formula is C26H24Cl2N2O6. The van der Waals surface area contributed by atoms with Crippen LogP contribution in [0.1, 0.15) is 29.3 Å². The van der Waals surface area contributed by atoms with Gasteiger partial charge in [0.1, 0.15) is 11.5 Å². The molecule has 0 saturated heterocycles. The predicted octanol–water partition coefficient (Wildman–Crippen LogP) is 5.54. The maximum absolute atomic E-state index is 12.5. The number of carbonyl (C=O) groups excluding carboxylic acids is 2. The lowest BCUT2D eigenvalue weighted by atomic mass is 10.2. The number of amides is 1. The molecule has 0 spiro atoms. The van der Waals surface area contributed by atoms with E-state index in [1.165, 1.54) is 19.4 Å². The number of esters is 1. The summed E-state index contributed by atoms with van der Waals surface area (Å²) in [5.41, 5.74) is 3.41. The number of nitrogens with one attached hydrogen (secondary N) is 1. The molecule has 3 aromatic carbocycles. The maximum atomic E-state index is 12.5. The van der Waals surface area contributed by atoms with Crippen molar-refractivity contribution in [2.45, 2.75) is 19.4 Å². The van der Waals surface area contributed by atoms with E-state index in [1.54, 1.807) is 68.6 Å². The van der Waals surface area contributed by atoms with Crippen LogP contribution in [-0.4, -0.2) is 38.4 Å². The molecule has 0 heterocycles. The first kappa shape index (κ1) is 26.8. The summed E-state index contributed by atoms with van der Waals surface area (Å²) in [7, 11) is 3.00. The molecule has 0 unspecified atom stereocenters. The van der Waals surface area contributed by atoms with Crippen molar-refractivity contribution in [2.75, 3.05) is 14.2 Å². The van der Waals surface area contributed by atoms with E-state index in [9.17, 15) is 9.59 Å². The van der Waals surface area contributed by atoms with Crippen LogP contribution in [0.25, 0.3) is 0 Å². The molecule has 0 saturated carbocycles. The number of hydrogen-bond acceptors (Lipinski definition) is 7. The van der Waals surface area contributed by atoms with Crippen molar-refractivity contribution in [3.63, 3.8) is 0 Å². The molecule has 0 aromatic heterocycles. The van der Waals surface area contributed by atoms with Crippen molar-refractivity contribution in [3.05, 3.63) is 81.8 Å². The van der Waals surface area contributed by atoms with E-state index in [0.717, 1.165) is 0 Å². The number of nitrogens with zero attached hydrogens (tertiary/aromatic N) is 1. The van der Waals surface area contributed by atoms with Gasteiger partial charge >= 0.3 is 5.97 Å². The Morgan fingerprint density at radius 1 is 0.944 bits per heavy atom. The summed E-state index contributed by atoms with van der Waals surface area (Å²) >= 11 is 12.0. The van der Waals surface area contributed by atoms with Crippen molar-refractivity contribution in [2.24, 2.45) is 5.10 Å². The second kappa shape index (κ2) is 12.8. The van der Waals surface area contributed by atoms with Crippen LogP contribution in [0, 0.1) is 0 Å². The minimum absolute atomic E-state index is 0.235. The number of methoxy groups -OCH3 is 2. The summed E-state index contributed by atoms with van der Waals surface area (Å²) in [5.74, 6) is 0.535. The van der Waals surface area contributed by atoms with Crippen LogP contribution < -0.4 is 24.4 Å². The number of ether oxygens (including phenoxy) is 4. The Morgan fingerprint density at radius 3 is 2.31 bits per heavy atom. The first-order valence-corrected chi connectivity index (χ1v) is 11.6. The molecule has 0 bridgehead atoms. The van der Waals surface area contributed by atoms with Crippen LogP contribution in [-0.2, 0) is 4.79 Å². The Labute approximate surface area is 218 Å². The molecule has 36 heavy (non-hydrogen) atoms. The Morgan fingerprint density at radius 2 is 1.67 bits per heavy atom. The van der Waals surface area contributed by atoms with E-state index in [4.69, 9.17) is 42.1 Å². The average molecular weight is 531 g/mol. The molecule has 3 aromatic rings. The number of carbonyl (C=O) groups is 2. The fourth-order valence-corrected chi connectivity index (χ4v) is 3.48. The first-order valence-electron chi connectivity index (χ1n) is 10.8. The Balaban J connectivity index is 1.62. The number of halogens is 2. The van der Waals surface area contributed by atoms with Gasteiger partial charge in [-0.3, -0.25) is 4.79 Å². The van der Waals surface area contributed by atoms with Gasteiger partial charge in [-0.2, -0.15) is 5.10 Å². The molecule has 0 fully saturated rings. The fourth-order valence-electron chi connectivity index (χ4n) is 3.02. The lowest BCUT2D eigenvalue weighted by Gasteiger charge is -2.16. The van der Waals surface area contributed by atoms with Gasteiger partial charge in [0.05, 0.1) is 31.0 Å². The summed E-state index contributed by atoms with van der Waals surface area (Å²) in [5, 5.41) is 4.75. The molecule has 10 heteroatoms. The summed E-state index contributed by atoms with van der Waals surface area (Å²) < 4.78 is 21.6. The molecule has 0 radical (unpaired) electrons. The van der Waals surface area contributed by atoms with Crippen molar-refractivity contribution in [3.8, 4) is 23.0 Å². The van der Waals surface area contributed by atoms with E-state index in [1.807, 2.05) is 0 Å². The van der Waals surface area contributed by atoms with E-state index < -0.39 is 18.0 Å². The Bertz CT molecular complexity index is 1250. The third-order valence-electron chi connectivity index (χ3n) is 4.93. The summed E-state index contributed by atoms with van der Waals surface area (Å²) in [6.07, 6.45) is 1.01. The van der Waals surface area contributed by atoms with Crippen LogP contribution in [0.3, 0.4) is 0 Å². The normalized spacial score (nSPS) is 11.6. The Kier molecular flexibility index (Phi) is 9.55. The zero-order chi connectivity index (χ0) is 26.1. The van der Waals surface area contributed by atoms with Crippen LogP contribution in [0.15, 0.2) is 65.8 Å². The van der Waals surface area contributed by atoms with Crippen molar-refractivity contribution in [1.82, 2.24) is 5.43 Å². The summed E-state index contributed by atoms with van der Waals surface area (Å²) in [4.78, 5) is 25.0. The third-order valence-corrected chi connectivity index (χ3v) is 5.46. The molecule has 1 amide bonds. The number of hydrogen-bond donors (Lipinski definition) is 1. The second-order valence-electron chi connectivity index (χ2n) is 7.35. The van der Waals surface area contributed by atoms with Crippen LogP contribution >= 0.6 is 23.2 Å². The van der Waals surface area contributed by atoms with E-state index in [0.29, 0.717) is 44.8 Å². The zero-order valence-corrected chi connectivity index (χ0v) is 21.3. The van der Waals surface area contributed by atoms with Crippen molar-refractivity contribution < 1.29 is 28.5 Å². The highest BCUT2D eigenvalue weighted by Crippen LogP contribution is 2.30. The average Bonchev–Trinajstić information content (AvgIpc) is 2.88. The van der Waals surface area contributed by atoms with Gasteiger partial charge in [0.2, 0.25) is 0 Å². The lowest BCUT2D eigenvalue weighted by Crippen LogP contribution is -2.35. The molecule has 0 aliphatic carbocycles. The summed E-state index contributed by atoms with van der Waals surface area (Å²) in [6.45, 7) is 1.80. The first-order chi connectivity index (χ1) is 17.3. The predicted molar refractivity (Wildman–Crippen MR) is 138 cm³/mol. The van der Waals surface area contributed by atoms with Gasteiger partial charge in [-0.15, -0.1) is 0 Å². The molecule has 188 valence electrons.